The molecule has 0 radical (unpaired) electrons. The molecule has 0 spiro atoms. The molecule has 0 aliphatic carbocycles. The van der Waals surface area contributed by atoms with Gasteiger partial charge in [-0.05, 0) is 35.7 Å². The summed E-state index contributed by atoms with van der Waals surface area (Å²) in [6, 6.07) is 21.6. The van der Waals surface area contributed by atoms with Gasteiger partial charge in [0.15, 0.2) is 0 Å². The second-order valence-electron chi connectivity index (χ2n) is 7.24. The summed E-state index contributed by atoms with van der Waals surface area (Å²) in [5.74, 6) is -0.915. The van der Waals surface area contributed by atoms with E-state index in [1.54, 1.807) is 36.4 Å². The van der Waals surface area contributed by atoms with Crippen LogP contribution < -0.4 is 10.5 Å². The van der Waals surface area contributed by atoms with Crippen molar-refractivity contribution >= 4 is 16.0 Å². The van der Waals surface area contributed by atoms with Crippen molar-refractivity contribution in [2.24, 2.45) is 5.73 Å². The van der Waals surface area contributed by atoms with Gasteiger partial charge in [-0.25, -0.2) is 13.2 Å². The van der Waals surface area contributed by atoms with Gasteiger partial charge in [-0.1, -0.05) is 60.7 Å². The van der Waals surface area contributed by atoms with Crippen LogP contribution >= 0.6 is 0 Å². The molecule has 0 heterocycles. The number of sulfonamides is 1. The van der Waals surface area contributed by atoms with Crippen LogP contribution in [-0.4, -0.2) is 43.5 Å². The van der Waals surface area contributed by atoms with Crippen molar-refractivity contribution in [2.75, 3.05) is 13.7 Å². The zero-order valence-electron chi connectivity index (χ0n) is 17.7. The van der Waals surface area contributed by atoms with Crippen LogP contribution in [0.3, 0.4) is 0 Å². The first-order valence-corrected chi connectivity index (χ1v) is 11.5. The highest BCUT2D eigenvalue weighted by Crippen LogP contribution is 2.30. The maximum atomic E-state index is 13.8. The molecule has 0 bridgehead atoms. The van der Waals surface area contributed by atoms with Crippen molar-refractivity contribution in [3.05, 3.63) is 95.6 Å². The highest BCUT2D eigenvalue weighted by Gasteiger charge is 2.34. The van der Waals surface area contributed by atoms with Crippen molar-refractivity contribution in [2.45, 2.75) is 23.9 Å². The number of ether oxygens (including phenoxy) is 1. The third-order valence-electron chi connectivity index (χ3n) is 5.22. The zero-order chi connectivity index (χ0) is 23.1. The molecule has 0 saturated heterocycles. The first-order chi connectivity index (χ1) is 15.4. The van der Waals surface area contributed by atoms with Gasteiger partial charge in [0.05, 0.1) is 12.7 Å². The van der Waals surface area contributed by atoms with Crippen LogP contribution in [0.5, 0.6) is 5.75 Å². The number of methoxy groups -OCH3 is 1. The maximum absolute atomic E-state index is 13.8. The van der Waals surface area contributed by atoms with Gasteiger partial charge in [-0.2, -0.15) is 4.31 Å². The first-order valence-electron chi connectivity index (χ1n) is 10.1. The molecule has 1 unspecified atom stereocenters. The molecular weight excluding hydrogens is 428 g/mol. The molecule has 168 valence electrons. The van der Waals surface area contributed by atoms with Crippen LogP contribution in [0, 0.1) is 0 Å². The van der Waals surface area contributed by atoms with Crippen molar-refractivity contribution in [3.63, 3.8) is 0 Å². The van der Waals surface area contributed by atoms with E-state index in [1.807, 2.05) is 30.3 Å². The number of nitrogens with two attached hydrogens (primary N) is 1. The van der Waals surface area contributed by atoms with Gasteiger partial charge in [0.25, 0.3) is 0 Å². The predicted octanol–water partition coefficient (Wildman–Crippen LogP) is 3.15. The molecule has 3 aromatic carbocycles. The summed E-state index contributed by atoms with van der Waals surface area (Å²) in [6.07, 6.45) is 0.376. The Morgan fingerprint density at radius 3 is 2.28 bits per heavy atom. The summed E-state index contributed by atoms with van der Waals surface area (Å²) >= 11 is 0. The second kappa shape index (κ2) is 10.4. The van der Waals surface area contributed by atoms with Crippen molar-refractivity contribution < 1.29 is 23.1 Å². The molecule has 3 aromatic rings. The Bertz CT molecular complexity index is 1170. The molecule has 3 N–H and O–H groups in total. The largest absolute Gasteiger partial charge is 0.495 e. The number of carboxylic acids is 1. The fraction of sp³-hybridized carbons (Fsp3) is 0.208. The van der Waals surface area contributed by atoms with Crippen LogP contribution in [0.4, 0.5) is 0 Å². The monoisotopic (exact) mass is 454 g/mol. The van der Waals surface area contributed by atoms with Gasteiger partial charge < -0.3 is 15.6 Å². The minimum absolute atomic E-state index is 0.00168. The van der Waals surface area contributed by atoms with Crippen molar-refractivity contribution in [1.82, 2.24) is 4.31 Å². The third-order valence-corrected chi connectivity index (χ3v) is 7.16. The summed E-state index contributed by atoms with van der Waals surface area (Å²) in [7, 11) is -2.67. The first kappa shape index (κ1) is 23.5. The third kappa shape index (κ3) is 5.16. The molecule has 7 nitrogen and oxygen atoms in total. The van der Waals surface area contributed by atoms with E-state index in [4.69, 9.17) is 10.5 Å². The lowest BCUT2D eigenvalue weighted by atomic mass is 10.0. The minimum Gasteiger partial charge on any atom is -0.495 e. The number of carboxylic acid groups (broad SMARTS) is 1. The molecule has 8 heteroatoms. The Morgan fingerprint density at radius 1 is 1.00 bits per heavy atom. The number of hydrogen-bond donors (Lipinski definition) is 2. The second-order valence-corrected chi connectivity index (χ2v) is 9.10. The van der Waals surface area contributed by atoms with E-state index in [0.717, 1.165) is 5.56 Å². The molecular formula is C24H26N2O5S. The van der Waals surface area contributed by atoms with Gasteiger partial charge in [0, 0.05) is 19.1 Å². The van der Waals surface area contributed by atoms with Crippen LogP contribution in [-0.2, 0) is 23.0 Å². The van der Waals surface area contributed by atoms with Gasteiger partial charge in [0.1, 0.15) is 10.6 Å². The molecule has 0 saturated carbocycles. The molecule has 32 heavy (non-hydrogen) atoms. The van der Waals surface area contributed by atoms with Crippen LogP contribution in [0.1, 0.15) is 21.5 Å². The lowest BCUT2D eigenvalue weighted by molar-refractivity contribution is 0.0694. The normalized spacial score (nSPS) is 12.5. The predicted molar refractivity (Wildman–Crippen MR) is 122 cm³/mol. The Hall–Kier alpha value is -3.20. The van der Waals surface area contributed by atoms with Gasteiger partial charge in [0.2, 0.25) is 10.0 Å². The smallest absolute Gasteiger partial charge is 0.336 e. The SMILES string of the molecule is COc1ccccc1S(=O)(=O)N(Cc1ccccc1C(=O)O)C(CN)Cc1ccccc1. The molecule has 0 fully saturated rings. The molecule has 1 atom stereocenters. The molecule has 0 aliphatic heterocycles. The Kier molecular flexibility index (Phi) is 7.63. The number of rotatable bonds is 10. The lowest BCUT2D eigenvalue weighted by Crippen LogP contribution is -2.45. The fourth-order valence-corrected chi connectivity index (χ4v) is 5.36. The van der Waals surface area contributed by atoms with E-state index in [1.165, 1.54) is 23.5 Å². The molecule has 0 amide bonds. The van der Waals surface area contributed by atoms with Crippen LogP contribution in [0.25, 0.3) is 0 Å². The highest BCUT2D eigenvalue weighted by molar-refractivity contribution is 7.89. The average molecular weight is 455 g/mol. The number of para-hydroxylation sites is 1. The van der Waals surface area contributed by atoms with E-state index in [0.29, 0.717) is 12.0 Å². The summed E-state index contributed by atoms with van der Waals surface area (Å²) < 4.78 is 34.2. The molecule has 0 aromatic heterocycles. The summed E-state index contributed by atoms with van der Waals surface area (Å²) in [6.45, 7) is -0.0872. The Labute approximate surface area is 188 Å². The van der Waals surface area contributed by atoms with Gasteiger partial charge in [-0.15, -0.1) is 0 Å². The Morgan fingerprint density at radius 2 is 1.62 bits per heavy atom. The topological polar surface area (TPSA) is 110 Å². The summed E-state index contributed by atoms with van der Waals surface area (Å²) in [5.41, 5.74) is 7.41. The van der Waals surface area contributed by atoms with E-state index in [2.05, 4.69) is 0 Å². The number of hydrogen-bond acceptors (Lipinski definition) is 5. The van der Waals surface area contributed by atoms with E-state index in [9.17, 15) is 18.3 Å². The van der Waals surface area contributed by atoms with Gasteiger partial charge in [-0.3, -0.25) is 0 Å². The van der Waals surface area contributed by atoms with Crippen molar-refractivity contribution in [3.8, 4) is 5.75 Å². The van der Waals surface area contributed by atoms with Crippen molar-refractivity contribution in [1.29, 1.82) is 0 Å². The number of nitrogens with zero attached hydrogens (tertiary/aromatic N) is 1. The zero-order valence-corrected chi connectivity index (χ0v) is 18.5. The quantitative estimate of drug-likeness (QED) is 0.487. The standard InChI is InChI=1S/C24H26N2O5S/c1-31-22-13-7-8-14-23(22)32(29,30)26(17-19-11-5-6-12-21(19)24(27)28)20(16-25)15-18-9-3-2-4-10-18/h2-14,20H,15-17,25H2,1H3,(H,27,28). The van der Waals surface area contributed by atoms with Crippen LogP contribution in [0.2, 0.25) is 0 Å². The minimum atomic E-state index is -4.08. The van der Waals surface area contributed by atoms with Crippen LogP contribution in [0.15, 0.2) is 83.8 Å². The van der Waals surface area contributed by atoms with E-state index in [-0.39, 0.29) is 29.3 Å². The van der Waals surface area contributed by atoms with E-state index < -0.39 is 22.0 Å². The molecule has 0 aliphatic rings. The summed E-state index contributed by atoms with van der Waals surface area (Å²) in [4.78, 5) is 11.7. The number of benzene rings is 3. The highest BCUT2D eigenvalue weighted by atomic mass is 32.2. The van der Waals surface area contributed by atoms with Gasteiger partial charge >= 0.3 is 5.97 Å². The van der Waals surface area contributed by atoms with E-state index >= 15 is 0 Å². The Balaban J connectivity index is 2.11. The maximum Gasteiger partial charge on any atom is 0.336 e. The lowest BCUT2D eigenvalue weighted by Gasteiger charge is -2.31. The number of aromatic carboxylic acids is 1. The molecule has 3 rings (SSSR count). The fourth-order valence-electron chi connectivity index (χ4n) is 3.59. The summed E-state index contributed by atoms with van der Waals surface area (Å²) in [5, 5.41) is 9.60. The average Bonchev–Trinajstić information content (AvgIpc) is 2.82. The number of carbonyl (C=O) groups is 1.